The predicted octanol–water partition coefficient (Wildman–Crippen LogP) is 1.90. The second-order valence-electron chi connectivity index (χ2n) is 5.70. The topological polar surface area (TPSA) is 62.9 Å². The number of nitrogens with one attached hydrogen (secondary N) is 1. The lowest BCUT2D eigenvalue weighted by molar-refractivity contribution is 0.0376. The van der Waals surface area contributed by atoms with E-state index in [1.807, 2.05) is 18.2 Å². The first-order valence-corrected chi connectivity index (χ1v) is 8.71. The van der Waals surface area contributed by atoms with Gasteiger partial charge >= 0.3 is 0 Å². The molecule has 1 aromatic carbocycles. The fourth-order valence-electron chi connectivity index (χ4n) is 2.57. The fourth-order valence-corrected chi connectivity index (χ4v) is 2.80. The lowest BCUT2D eigenvalue weighted by Crippen LogP contribution is -2.39. The molecule has 0 amide bonds. The minimum Gasteiger partial charge on any atom is -0.379 e. The molecule has 128 valence electrons. The summed E-state index contributed by atoms with van der Waals surface area (Å²) < 4.78 is 5.33. The van der Waals surface area contributed by atoms with Crippen LogP contribution >= 0.6 is 11.6 Å². The van der Waals surface area contributed by atoms with Crippen LogP contribution in [-0.2, 0) is 11.2 Å². The smallest absolute Gasteiger partial charge is 0.188 e. The molecule has 1 aliphatic rings. The number of hydrogen-bond acceptors (Lipinski definition) is 3. The number of nitrogens with two attached hydrogens (primary N) is 1. The van der Waals surface area contributed by atoms with Crippen molar-refractivity contribution < 1.29 is 4.74 Å². The largest absolute Gasteiger partial charge is 0.379 e. The van der Waals surface area contributed by atoms with Crippen molar-refractivity contribution in [3.8, 4) is 0 Å². The number of guanidine groups is 1. The summed E-state index contributed by atoms with van der Waals surface area (Å²) in [5.41, 5.74) is 7.05. The summed E-state index contributed by atoms with van der Waals surface area (Å²) in [7, 11) is 0. The van der Waals surface area contributed by atoms with Gasteiger partial charge in [0.05, 0.1) is 13.2 Å². The van der Waals surface area contributed by atoms with Gasteiger partial charge in [0.2, 0.25) is 0 Å². The highest BCUT2D eigenvalue weighted by atomic mass is 35.5. The zero-order valence-corrected chi connectivity index (χ0v) is 14.4. The maximum absolute atomic E-state index is 6.13. The van der Waals surface area contributed by atoms with Gasteiger partial charge in [0.25, 0.3) is 0 Å². The van der Waals surface area contributed by atoms with Crippen molar-refractivity contribution in [1.82, 2.24) is 10.2 Å². The third-order valence-electron chi connectivity index (χ3n) is 3.91. The Morgan fingerprint density at radius 3 is 2.83 bits per heavy atom. The van der Waals surface area contributed by atoms with E-state index < -0.39 is 0 Å². The van der Waals surface area contributed by atoms with E-state index in [4.69, 9.17) is 22.1 Å². The van der Waals surface area contributed by atoms with Gasteiger partial charge in [-0.3, -0.25) is 9.89 Å². The first-order valence-electron chi connectivity index (χ1n) is 8.33. The maximum atomic E-state index is 6.13. The molecule has 23 heavy (non-hydrogen) atoms. The molecule has 0 bridgehead atoms. The van der Waals surface area contributed by atoms with Crippen LogP contribution < -0.4 is 11.1 Å². The van der Waals surface area contributed by atoms with Gasteiger partial charge in [0, 0.05) is 31.2 Å². The highest BCUT2D eigenvalue weighted by Gasteiger charge is 2.08. The Hall–Kier alpha value is -1.30. The molecule has 0 aromatic heterocycles. The molecule has 0 unspecified atom stereocenters. The average molecular weight is 339 g/mol. The SMILES string of the molecule is NC(=NCCCc1ccccc1Cl)NCCCN1CCOCC1. The Morgan fingerprint density at radius 1 is 1.26 bits per heavy atom. The first-order chi connectivity index (χ1) is 11.3. The molecule has 0 saturated carbocycles. The van der Waals surface area contributed by atoms with Crippen LogP contribution in [0.2, 0.25) is 5.02 Å². The number of halogens is 1. The molecule has 3 N–H and O–H groups in total. The highest BCUT2D eigenvalue weighted by Crippen LogP contribution is 2.16. The van der Waals surface area contributed by atoms with E-state index in [2.05, 4.69) is 21.3 Å². The quantitative estimate of drug-likeness (QED) is 0.432. The van der Waals surface area contributed by atoms with E-state index in [9.17, 15) is 0 Å². The van der Waals surface area contributed by atoms with Crippen molar-refractivity contribution in [2.24, 2.45) is 10.7 Å². The van der Waals surface area contributed by atoms with E-state index in [-0.39, 0.29) is 0 Å². The predicted molar refractivity (Wildman–Crippen MR) is 96.1 cm³/mol. The summed E-state index contributed by atoms with van der Waals surface area (Å²) >= 11 is 6.13. The van der Waals surface area contributed by atoms with Crippen LogP contribution in [0, 0.1) is 0 Å². The van der Waals surface area contributed by atoms with Crippen LogP contribution in [0.1, 0.15) is 18.4 Å². The molecule has 0 radical (unpaired) electrons. The molecule has 5 nitrogen and oxygen atoms in total. The van der Waals surface area contributed by atoms with Crippen molar-refractivity contribution in [3.05, 3.63) is 34.9 Å². The number of morpholine rings is 1. The lowest BCUT2D eigenvalue weighted by Gasteiger charge is -2.26. The molecule has 0 atom stereocenters. The minimum atomic E-state index is 0.533. The summed E-state index contributed by atoms with van der Waals surface area (Å²) in [6.07, 6.45) is 2.93. The minimum absolute atomic E-state index is 0.533. The molecule has 1 aromatic rings. The van der Waals surface area contributed by atoms with Crippen LogP contribution in [0.3, 0.4) is 0 Å². The van der Waals surface area contributed by atoms with Gasteiger partial charge in [0.1, 0.15) is 0 Å². The molecule has 0 aliphatic carbocycles. The Bertz CT molecular complexity index is 489. The number of benzene rings is 1. The Kier molecular flexibility index (Phi) is 8.21. The maximum Gasteiger partial charge on any atom is 0.188 e. The van der Waals surface area contributed by atoms with Crippen LogP contribution in [0.15, 0.2) is 29.3 Å². The second kappa shape index (κ2) is 10.5. The van der Waals surface area contributed by atoms with E-state index in [0.29, 0.717) is 12.5 Å². The van der Waals surface area contributed by atoms with Gasteiger partial charge in [-0.25, -0.2) is 0 Å². The number of rotatable bonds is 8. The molecular formula is C17H27ClN4O. The van der Waals surface area contributed by atoms with Crippen LogP contribution in [-0.4, -0.2) is 56.8 Å². The fraction of sp³-hybridized carbons (Fsp3) is 0.588. The average Bonchev–Trinajstić information content (AvgIpc) is 2.58. The molecule has 0 spiro atoms. The third kappa shape index (κ3) is 7.20. The van der Waals surface area contributed by atoms with Gasteiger partial charge < -0.3 is 15.8 Å². The second-order valence-corrected chi connectivity index (χ2v) is 6.10. The zero-order chi connectivity index (χ0) is 16.3. The number of aliphatic imine (C=N–C) groups is 1. The van der Waals surface area contributed by atoms with Crippen molar-refractivity contribution >= 4 is 17.6 Å². The monoisotopic (exact) mass is 338 g/mol. The van der Waals surface area contributed by atoms with E-state index in [0.717, 1.165) is 63.7 Å². The molecular weight excluding hydrogens is 312 g/mol. The van der Waals surface area contributed by atoms with E-state index in [1.54, 1.807) is 0 Å². The Balaban J connectivity index is 1.53. The molecule has 1 heterocycles. The molecule has 1 fully saturated rings. The summed E-state index contributed by atoms with van der Waals surface area (Å²) in [6.45, 7) is 6.42. The van der Waals surface area contributed by atoms with Crippen LogP contribution in [0.5, 0.6) is 0 Å². The number of aryl methyl sites for hydroxylation is 1. The van der Waals surface area contributed by atoms with E-state index >= 15 is 0 Å². The normalized spacial score (nSPS) is 16.5. The van der Waals surface area contributed by atoms with Crippen molar-refractivity contribution in [3.63, 3.8) is 0 Å². The zero-order valence-electron chi connectivity index (χ0n) is 13.6. The van der Waals surface area contributed by atoms with Crippen molar-refractivity contribution in [2.75, 3.05) is 45.9 Å². The summed E-state index contributed by atoms with van der Waals surface area (Å²) in [4.78, 5) is 6.78. The van der Waals surface area contributed by atoms with E-state index in [1.165, 1.54) is 5.56 Å². The van der Waals surface area contributed by atoms with Crippen molar-refractivity contribution in [2.45, 2.75) is 19.3 Å². The number of hydrogen-bond donors (Lipinski definition) is 2. The van der Waals surface area contributed by atoms with Gasteiger partial charge in [-0.2, -0.15) is 0 Å². The van der Waals surface area contributed by atoms with Gasteiger partial charge in [-0.1, -0.05) is 29.8 Å². The third-order valence-corrected chi connectivity index (χ3v) is 4.27. The summed E-state index contributed by atoms with van der Waals surface area (Å²) in [5, 5.41) is 4.00. The molecule has 2 rings (SSSR count). The van der Waals surface area contributed by atoms with Gasteiger partial charge in [-0.05, 0) is 37.4 Å². The van der Waals surface area contributed by atoms with Gasteiger partial charge in [0.15, 0.2) is 5.96 Å². The lowest BCUT2D eigenvalue weighted by atomic mass is 10.1. The van der Waals surface area contributed by atoms with Crippen LogP contribution in [0.4, 0.5) is 0 Å². The first kappa shape index (κ1) is 18.0. The van der Waals surface area contributed by atoms with Gasteiger partial charge in [-0.15, -0.1) is 0 Å². The molecule has 1 aliphatic heterocycles. The Labute approximate surface area is 143 Å². The highest BCUT2D eigenvalue weighted by molar-refractivity contribution is 6.31. The summed E-state index contributed by atoms with van der Waals surface area (Å²) in [5.74, 6) is 0.533. The number of ether oxygens (including phenoxy) is 1. The standard InChI is InChI=1S/C17H27ClN4O/c18-16-7-2-1-5-15(16)6-3-8-20-17(19)21-9-4-10-22-11-13-23-14-12-22/h1-2,5,7H,3-4,6,8-14H2,(H3,19,20,21). The molecule has 6 heteroatoms. The van der Waals surface area contributed by atoms with Crippen LogP contribution in [0.25, 0.3) is 0 Å². The summed E-state index contributed by atoms with van der Waals surface area (Å²) in [6, 6.07) is 7.93. The number of nitrogens with zero attached hydrogens (tertiary/aromatic N) is 2. The Morgan fingerprint density at radius 2 is 2.04 bits per heavy atom. The van der Waals surface area contributed by atoms with Crippen molar-refractivity contribution in [1.29, 1.82) is 0 Å². The molecule has 1 saturated heterocycles.